The van der Waals surface area contributed by atoms with Crippen LogP contribution in [0.4, 0.5) is 0 Å². The Morgan fingerprint density at radius 3 is 2.50 bits per heavy atom. The number of aliphatic hydroxyl groups is 1. The van der Waals surface area contributed by atoms with Crippen molar-refractivity contribution in [3.63, 3.8) is 0 Å². The Bertz CT molecular complexity index is 604. The summed E-state index contributed by atoms with van der Waals surface area (Å²) in [6.07, 6.45) is 3.27. The molecule has 3 rings (SSSR count). The molecular formula is C18H19NO. The molecule has 0 bridgehead atoms. The van der Waals surface area contributed by atoms with Gasteiger partial charge < -0.3 is 5.11 Å². The summed E-state index contributed by atoms with van der Waals surface area (Å²) in [6, 6.07) is 18.4. The molecule has 2 heteroatoms. The summed E-state index contributed by atoms with van der Waals surface area (Å²) < 4.78 is 0. The Morgan fingerprint density at radius 2 is 1.70 bits per heavy atom. The van der Waals surface area contributed by atoms with Crippen molar-refractivity contribution in [1.82, 2.24) is 0 Å². The lowest BCUT2D eigenvalue weighted by Crippen LogP contribution is -2.14. The average Bonchev–Trinajstić information content (AvgIpc) is 2.53. The normalized spacial score (nSPS) is 17.8. The maximum atomic E-state index is 9.65. The van der Waals surface area contributed by atoms with Crippen molar-refractivity contribution in [3.8, 4) is 0 Å². The van der Waals surface area contributed by atoms with Gasteiger partial charge in [-0.2, -0.15) is 0 Å². The van der Waals surface area contributed by atoms with Crippen LogP contribution in [-0.2, 0) is 6.42 Å². The minimum absolute atomic E-state index is 0.0513. The highest BCUT2D eigenvalue weighted by atomic mass is 16.3. The van der Waals surface area contributed by atoms with E-state index in [1.807, 2.05) is 30.3 Å². The van der Waals surface area contributed by atoms with Crippen LogP contribution in [0.2, 0.25) is 0 Å². The van der Waals surface area contributed by atoms with E-state index in [2.05, 4.69) is 24.3 Å². The van der Waals surface area contributed by atoms with E-state index >= 15 is 0 Å². The van der Waals surface area contributed by atoms with Gasteiger partial charge in [0.1, 0.15) is 0 Å². The quantitative estimate of drug-likeness (QED) is 0.904. The summed E-state index contributed by atoms with van der Waals surface area (Å²) in [5, 5.41) is 9.65. The first-order chi connectivity index (χ1) is 9.88. The van der Waals surface area contributed by atoms with Gasteiger partial charge >= 0.3 is 0 Å². The zero-order valence-corrected chi connectivity index (χ0v) is 11.5. The number of fused-ring (bicyclic) bond motifs is 1. The zero-order chi connectivity index (χ0) is 13.8. The van der Waals surface area contributed by atoms with Gasteiger partial charge in [0.25, 0.3) is 0 Å². The zero-order valence-electron chi connectivity index (χ0n) is 11.5. The fraction of sp³-hybridized carbons (Fsp3) is 0.278. The van der Waals surface area contributed by atoms with Gasteiger partial charge in [0.2, 0.25) is 0 Å². The van der Waals surface area contributed by atoms with E-state index in [0.29, 0.717) is 0 Å². The molecule has 20 heavy (non-hydrogen) atoms. The SMILES string of the molecule is OC[C@H](N=C1CCCc2ccccc21)c1ccccc1. The van der Waals surface area contributed by atoms with E-state index < -0.39 is 0 Å². The summed E-state index contributed by atoms with van der Waals surface area (Å²) >= 11 is 0. The molecule has 0 unspecified atom stereocenters. The summed E-state index contributed by atoms with van der Waals surface area (Å²) in [7, 11) is 0. The fourth-order valence-electron chi connectivity index (χ4n) is 2.82. The first-order valence-corrected chi connectivity index (χ1v) is 7.19. The highest BCUT2D eigenvalue weighted by Crippen LogP contribution is 2.25. The number of aliphatic imine (C=N–C) groups is 1. The molecule has 1 aliphatic rings. The van der Waals surface area contributed by atoms with Gasteiger partial charge in [0, 0.05) is 5.71 Å². The molecule has 0 saturated heterocycles. The molecule has 0 amide bonds. The van der Waals surface area contributed by atoms with Crippen LogP contribution in [0, 0.1) is 0 Å². The van der Waals surface area contributed by atoms with E-state index in [1.54, 1.807) is 0 Å². The number of aryl methyl sites for hydroxylation is 1. The Balaban J connectivity index is 1.96. The summed E-state index contributed by atoms with van der Waals surface area (Å²) in [5.74, 6) is 0. The first kappa shape index (κ1) is 13.1. The van der Waals surface area contributed by atoms with Crippen molar-refractivity contribution in [2.45, 2.75) is 25.3 Å². The lowest BCUT2D eigenvalue weighted by atomic mass is 9.90. The molecule has 2 nitrogen and oxygen atoms in total. The van der Waals surface area contributed by atoms with Crippen LogP contribution in [0.1, 0.15) is 35.6 Å². The summed E-state index contributed by atoms with van der Waals surface area (Å²) in [6.45, 7) is 0.0513. The lowest BCUT2D eigenvalue weighted by Gasteiger charge is -2.20. The van der Waals surface area contributed by atoms with Gasteiger partial charge in [0.05, 0.1) is 12.6 Å². The molecule has 2 aromatic carbocycles. The number of benzene rings is 2. The summed E-state index contributed by atoms with van der Waals surface area (Å²) in [5.41, 5.74) is 4.84. The summed E-state index contributed by atoms with van der Waals surface area (Å²) in [4.78, 5) is 4.83. The molecular weight excluding hydrogens is 246 g/mol. The number of aliphatic hydroxyl groups excluding tert-OH is 1. The van der Waals surface area contributed by atoms with Gasteiger partial charge in [-0.15, -0.1) is 0 Å². The van der Waals surface area contributed by atoms with Gasteiger partial charge in [0.15, 0.2) is 0 Å². The van der Waals surface area contributed by atoms with Crippen molar-refractivity contribution in [2.75, 3.05) is 6.61 Å². The monoisotopic (exact) mass is 265 g/mol. The van der Waals surface area contributed by atoms with E-state index in [1.165, 1.54) is 11.1 Å². The predicted molar refractivity (Wildman–Crippen MR) is 82.2 cm³/mol. The van der Waals surface area contributed by atoms with Crippen molar-refractivity contribution in [1.29, 1.82) is 0 Å². The van der Waals surface area contributed by atoms with Crippen LogP contribution in [0.5, 0.6) is 0 Å². The Morgan fingerprint density at radius 1 is 0.950 bits per heavy atom. The smallest absolute Gasteiger partial charge is 0.0983 e. The van der Waals surface area contributed by atoms with Gasteiger partial charge in [-0.05, 0) is 36.0 Å². The third-order valence-electron chi connectivity index (χ3n) is 3.86. The van der Waals surface area contributed by atoms with E-state index in [0.717, 1.165) is 30.5 Å². The maximum absolute atomic E-state index is 9.65. The number of rotatable bonds is 3. The van der Waals surface area contributed by atoms with Crippen molar-refractivity contribution >= 4 is 5.71 Å². The maximum Gasteiger partial charge on any atom is 0.0983 e. The molecule has 0 radical (unpaired) electrons. The lowest BCUT2D eigenvalue weighted by molar-refractivity contribution is 0.269. The minimum atomic E-state index is -0.155. The molecule has 0 saturated carbocycles. The largest absolute Gasteiger partial charge is 0.394 e. The second-order valence-corrected chi connectivity index (χ2v) is 5.20. The second kappa shape index (κ2) is 6.02. The van der Waals surface area contributed by atoms with Crippen molar-refractivity contribution < 1.29 is 5.11 Å². The molecule has 102 valence electrons. The number of hydrogen-bond acceptors (Lipinski definition) is 2. The highest BCUT2D eigenvalue weighted by Gasteiger charge is 2.17. The second-order valence-electron chi connectivity index (χ2n) is 5.20. The Kier molecular flexibility index (Phi) is 3.93. The standard InChI is InChI=1S/C18H19NO/c20-13-18(15-8-2-1-3-9-15)19-17-12-6-10-14-7-4-5-11-16(14)17/h1-5,7-9,11,18,20H,6,10,12-13H2/t18-/m0/s1. The fourth-order valence-corrected chi connectivity index (χ4v) is 2.82. The Labute approximate surface area is 119 Å². The third kappa shape index (κ3) is 2.66. The van der Waals surface area contributed by atoms with Crippen LogP contribution in [0.15, 0.2) is 59.6 Å². The average molecular weight is 265 g/mol. The van der Waals surface area contributed by atoms with Crippen LogP contribution < -0.4 is 0 Å². The third-order valence-corrected chi connectivity index (χ3v) is 3.86. The van der Waals surface area contributed by atoms with E-state index in [-0.39, 0.29) is 12.6 Å². The van der Waals surface area contributed by atoms with Crippen LogP contribution in [0.25, 0.3) is 0 Å². The molecule has 2 aromatic rings. The molecule has 0 spiro atoms. The van der Waals surface area contributed by atoms with Crippen molar-refractivity contribution in [3.05, 3.63) is 71.3 Å². The minimum Gasteiger partial charge on any atom is -0.394 e. The molecule has 0 fully saturated rings. The van der Waals surface area contributed by atoms with Crippen LogP contribution in [0.3, 0.4) is 0 Å². The molecule has 1 atom stereocenters. The predicted octanol–water partition coefficient (Wildman–Crippen LogP) is 3.55. The number of hydrogen-bond donors (Lipinski definition) is 1. The van der Waals surface area contributed by atoms with Crippen LogP contribution in [-0.4, -0.2) is 17.4 Å². The molecule has 1 aliphatic carbocycles. The first-order valence-electron chi connectivity index (χ1n) is 7.19. The topological polar surface area (TPSA) is 32.6 Å². The molecule has 1 N–H and O–H groups in total. The van der Waals surface area contributed by atoms with Gasteiger partial charge in [-0.25, -0.2) is 0 Å². The Hall–Kier alpha value is -1.93. The molecule has 0 heterocycles. The van der Waals surface area contributed by atoms with Gasteiger partial charge in [-0.3, -0.25) is 4.99 Å². The van der Waals surface area contributed by atoms with E-state index in [9.17, 15) is 5.11 Å². The highest BCUT2D eigenvalue weighted by molar-refractivity contribution is 6.02. The van der Waals surface area contributed by atoms with Gasteiger partial charge in [-0.1, -0.05) is 54.6 Å². The molecule has 0 aromatic heterocycles. The number of nitrogens with zero attached hydrogens (tertiary/aromatic N) is 1. The van der Waals surface area contributed by atoms with Crippen molar-refractivity contribution in [2.24, 2.45) is 4.99 Å². The van der Waals surface area contributed by atoms with E-state index in [4.69, 9.17) is 4.99 Å². The molecule has 0 aliphatic heterocycles. The van der Waals surface area contributed by atoms with Crippen LogP contribution >= 0.6 is 0 Å².